The largest absolute Gasteiger partial charge is 0.469 e. The van der Waals surface area contributed by atoms with Crippen LogP contribution in [0.4, 0.5) is 17.6 Å². The van der Waals surface area contributed by atoms with Crippen LogP contribution in [0.25, 0.3) is 0 Å². The highest BCUT2D eigenvalue weighted by Gasteiger charge is 2.21. The first kappa shape index (κ1) is 31.5. The SMILES string of the molecule is Fc1ccc(C2=NCCc3occc32)c(F)c1.O=C(NCCc1ccco1)c1ccc(F)cc1F.O=P(Cl)(Cl)Cl. The molecule has 2 aromatic carbocycles. The first-order valence-electron chi connectivity index (χ1n) is 11.4. The Morgan fingerprint density at radius 3 is 2.20 bits per heavy atom. The van der Waals surface area contributed by atoms with E-state index in [9.17, 15) is 26.9 Å². The molecule has 40 heavy (non-hydrogen) atoms. The predicted octanol–water partition coefficient (Wildman–Crippen LogP) is 8.29. The Kier molecular flexibility index (Phi) is 11.5. The monoisotopic (exact) mass is 636 g/mol. The third kappa shape index (κ3) is 9.86. The molecule has 1 aliphatic rings. The van der Waals surface area contributed by atoms with Gasteiger partial charge in [-0.25, -0.2) is 17.6 Å². The zero-order valence-electron chi connectivity index (χ0n) is 20.4. The number of benzene rings is 2. The quantitative estimate of drug-likeness (QED) is 0.176. The van der Waals surface area contributed by atoms with Gasteiger partial charge in [0.25, 0.3) is 5.91 Å². The lowest BCUT2D eigenvalue weighted by Crippen LogP contribution is -2.26. The molecular weight excluding hydrogens is 618 g/mol. The minimum absolute atomic E-state index is 0.171. The molecule has 1 N–H and O–H groups in total. The fourth-order valence-electron chi connectivity index (χ4n) is 3.53. The van der Waals surface area contributed by atoms with E-state index in [1.165, 1.54) is 18.4 Å². The first-order chi connectivity index (χ1) is 18.9. The summed E-state index contributed by atoms with van der Waals surface area (Å²) in [5, 5.41) is -0.686. The van der Waals surface area contributed by atoms with E-state index in [-0.39, 0.29) is 5.56 Å². The van der Waals surface area contributed by atoms with Gasteiger partial charge in [-0.15, -0.1) is 0 Å². The molecule has 0 bridgehead atoms. The molecule has 6 nitrogen and oxygen atoms in total. The lowest BCUT2D eigenvalue weighted by Gasteiger charge is -2.12. The van der Waals surface area contributed by atoms with E-state index in [4.69, 9.17) is 8.83 Å². The van der Waals surface area contributed by atoms with E-state index in [0.717, 1.165) is 35.3 Å². The minimum Gasteiger partial charge on any atom is -0.469 e. The van der Waals surface area contributed by atoms with Crippen molar-refractivity contribution in [1.29, 1.82) is 0 Å². The molecule has 1 aliphatic heterocycles. The van der Waals surface area contributed by atoms with Crippen molar-refractivity contribution < 1.29 is 35.8 Å². The molecule has 2 aromatic heterocycles. The number of hydrogen-bond donors (Lipinski definition) is 1. The number of hydrogen-bond acceptors (Lipinski definition) is 5. The van der Waals surface area contributed by atoms with Gasteiger partial charge in [0.1, 0.15) is 34.8 Å². The van der Waals surface area contributed by atoms with Gasteiger partial charge in [-0.05, 0) is 76.2 Å². The molecule has 0 spiro atoms. The summed E-state index contributed by atoms with van der Waals surface area (Å²) in [6, 6.07) is 11.6. The second-order valence-corrected chi connectivity index (χ2v) is 14.6. The van der Waals surface area contributed by atoms with Crippen molar-refractivity contribution in [3.05, 3.63) is 119 Å². The van der Waals surface area contributed by atoms with Gasteiger partial charge in [-0.1, -0.05) is 0 Å². The third-order valence-corrected chi connectivity index (χ3v) is 5.21. The Hall–Kier alpha value is -3.04. The molecule has 4 aromatic rings. The van der Waals surface area contributed by atoms with Gasteiger partial charge in [-0.3, -0.25) is 14.4 Å². The summed E-state index contributed by atoms with van der Waals surface area (Å²) in [7, 11) is 0. The van der Waals surface area contributed by atoms with E-state index in [2.05, 4.69) is 44.0 Å². The lowest BCUT2D eigenvalue weighted by molar-refractivity contribution is 0.0949. The number of nitrogens with one attached hydrogen (secondary N) is 1. The van der Waals surface area contributed by atoms with Gasteiger partial charge in [0.15, 0.2) is 0 Å². The fraction of sp³-hybridized carbons (Fsp3) is 0.154. The standard InChI is InChI=1S/C13H11F2NO2.C13H9F2NO.Cl3OP/c14-9-3-4-11(12(15)8-9)13(17)16-6-5-10-2-1-7-18-10;14-8-1-2-9(11(15)7-8)13-10-4-6-17-12(10)3-5-16-13;1-5(2,3)4/h1-4,7-8H,5-6H2,(H,16,17);1-2,4,6-7H,3,5H2;. The van der Waals surface area contributed by atoms with E-state index in [0.29, 0.717) is 43.3 Å². The Labute approximate surface area is 240 Å². The number of aliphatic imine (C=N–C) groups is 1. The van der Waals surface area contributed by atoms with Crippen LogP contribution in [0.15, 0.2) is 81.0 Å². The zero-order valence-corrected chi connectivity index (χ0v) is 23.5. The normalized spacial score (nSPS) is 12.2. The molecule has 0 saturated carbocycles. The summed E-state index contributed by atoms with van der Waals surface area (Å²) in [6.45, 7) is 0.885. The summed E-state index contributed by atoms with van der Waals surface area (Å²) in [4.78, 5) is 15.9. The smallest absolute Gasteiger partial charge is 0.339 e. The molecule has 0 fully saturated rings. The number of carbonyl (C=O) groups is 1. The maximum atomic E-state index is 13.7. The highest BCUT2D eigenvalue weighted by Crippen LogP contribution is 2.61. The fourth-order valence-corrected chi connectivity index (χ4v) is 3.53. The van der Waals surface area contributed by atoms with Crippen LogP contribution in [0.2, 0.25) is 0 Å². The molecular formula is C26H20Cl3F4N2O4P. The Bertz CT molecular complexity index is 1520. The highest BCUT2D eigenvalue weighted by molar-refractivity contribution is 8.24. The van der Waals surface area contributed by atoms with Gasteiger partial charge in [-0.2, -0.15) is 0 Å². The van der Waals surface area contributed by atoms with Gasteiger partial charge < -0.3 is 14.2 Å². The van der Waals surface area contributed by atoms with Crippen molar-refractivity contribution in [3.8, 4) is 0 Å². The maximum Gasteiger partial charge on any atom is 0.339 e. The van der Waals surface area contributed by atoms with Crippen molar-refractivity contribution in [2.75, 3.05) is 13.1 Å². The van der Waals surface area contributed by atoms with Gasteiger partial charge in [0, 0.05) is 49.2 Å². The highest BCUT2D eigenvalue weighted by atomic mass is 36.0. The Morgan fingerprint density at radius 2 is 1.57 bits per heavy atom. The molecule has 0 radical (unpaired) electrons. The lowest BCUT2D eigenvalue weighted by atomic mass is 9.99. The summed E-state index contributed by atoms with van der Waals surface area (Å²) >= 11 is 13.8. The summed E-state index contributed by atoms with van der Waals surface area (Å²) in [6.07, 6.45) is 4.33. The van der Waals surface area contributed by atoms with Crippen molar-refractivity contribution in [3.63, 3.8) is 0 Å². The second-order valence-electron chi connectivity index (χ2n) is 7.97. The number of carbonyl (C=O) groups excluding carboxylic acids is 1. The summed E-state index contributed by atoms with van der Waals surface area (Å²) in [5.41, 5.74) is 1.48. The van der Waals surface area contributed by atoms with Crippen molar-refractivity contribution >= 4 is 50.5 Å². The summed E-state index contributed by atoms with van der Waals surface area (Å²) < 4.78 is 72.4. The van der Waals surface area contributed by atoms with Crippen LogP contribution in [0.1, 0.15) is 33.0 Å². The van der Waals surface area contributed by atoms with Crippen LogP contribution < -0.4 is 5.32 Å². The topological polar surface area (TPSA) is 84.8 Å². The molecule has 0 saturated heterocycles. The van der Waals surface area contributed by atoms with E-state index in [1.807, 2.05) is 0 Å². The molecule has 5 rings (SSSR count). The maximum absolute atomic E-state index is 13.7. The molecule has 14 heteroatoms. The number of nitrogens with zero attached hydrogens (tertiary/aromatic N) is 1. The molecule has 212 valence electrons. The van der Waals surface area contributed by atoms with E-state index in [1.54, 1.807) is 24.5 Å². The zero-order chi connectivity index (χ0) is 29.3. The van der Waals surface area contributed by atoms with Crippen LogP contribution in [-0.2, 0) is 17.4 Å². The van der Waals surface area contributed by atoms with Gasteiger partial charge >= 0.3 is 5.20 Å². The van der Waals surface area contributed by atoms with Crippen LogP contribution in [0.3, 0.4) is 0 Å². The average molecular weight is 638 g/mol. The minimum atomic E-state index is -3.22. The Balaban J connectivity index is 0.000000189. The molecule has 1 amide bonds. The van der Waals surface area contributed by atoms with Crippen LogP contribution in [0.5, 0.6) is 0 Å². The summed E-state index contributed by atoms with van der Waals surface area (Å²) in [5.74, 6) is -1.80. The third-order valence-electron chi connectivity index (χ3n) is 5.21. The predicted molar refractivity (Wildman–Crippen MR) is 146 cm³/mol. The number of rotatable bonds is 5. The van der Waals surface area contributed by atoms with E-state index >= 15 is 0 Å². The van der Waals surface area contributed by atoms with Crippen molar-refractivity contribution in [1.82, 2.24) is 5.32 Å². The van der Waals surface area contributed by atoms with Crippen LogP contribution in [-0.4, -0.2) is 24.7 Å². The number of halogens is 7. The van der Waals surface area contributed by atoms with Gasteiger partial charge in [0.05, 0.1) is 23.8 Å². The number of furan rings is 2. The van der Waals surface area contributed by atoms with Gasteiger partial charge in [0.2, 0.25) is 0 Å². The molecule has 0 unspecified atom stereocenters. The van der Waals surface area contributed by atoms with Crippen molar-refractivity contribution in [2.45, 2.75) is 12.8 Å². The molecule has 0 aliphatic carbocycles. The van der Waals surface area contributed by atoms with E-state index < -0.39 is 34.4 Å². The Morgan fingerprint density at radius 1 is 0.900 bits per heavy atom. The van der Waals surface area contributed by atoms with Crippen LogP contribution >= 0.6 is 38.9 Å². The van der Waals surface area contributed by atoms with Crippen LogP contribution in [0, 0.1) is 23.3 Å². The average Bonchev–Trinajstić information content (AvgIpc) is 3.56. The number of amides is 1. The van der Waals surface area contributed by atoms with Crippen molar-refractivity contribution in [2.24, 2.45) is 4.99 Å². The second kappa shape index (κ2) is 14.6. The molecule has 3 heterocycles. The molecule has 0 atom stereocenters. The number of fused-ring (bicyclic) bond motifs is 1. The first-order valence-corrected chi connectivity index (χ1v) is 15.9.